The summed E-state index contributed by atoms with van der Waals surface area (Å²) in [5.74, 6) is -0.536. The molecular weight excluding hydrogens is 502 g/mol. The van der Waals surface area contributed by atoms with Crippen molar-refractivity contribution < 1.29 is 34.0 Å². The third-order valence-electron chi connectivity index (χ3n) is 6.71. The van der Waals surface area contributed by atoms with E-state index < -0.39 is 11.9 Å². The summed E-state index contributed by atoms with van der Waals surface area (Å²) in [5, 5.41) is 16.1. The number of benzene rings is 3. The number of hydrogen-bond donors (Lipinski definition) is 3. The second-order valence-electron chi connectivity index (χ2n) is 9.13. The summed E-state index contributed by atoms with van der Waals surface area (Å²) in [4.78, 5) is 26.6. The number of nitrogens with zero attached hydrogens (tertiary/aromatic N) is 2. The molecule has 202 valence electrons. The van der Waals surface area contributed by atoms with Crippen LogP contribution in [-0.2, 0) is 16.0 Å². The number of aromatic nitrogens is 1. The van der Waals surface area contributed by atoms with E-state index in [1.54, 1.807) is 0 Å². The molecule has 1 fully saturated rings. The molecular formula is C29H29N3O7. The predicted octanol–water partition coefficient (Wildman–Crippen LogP) is 4.21. The fourth-order valence-corrected chi connectivity index (χ4v) is 4.70. The molecule has 2 aliphatic rings. The minimum Gasteiger partial charge on any atom is -0.473 e. The summed E-state index contributed by atoms with van der Waals surface area (Å²) in [6.45, 7) is 5.39. The number of carboxylic acid groups (broad SMARTS) is 2. The largest absolute Gasteiger partial charge is 0.473 e. The van der Waals surface area contributed by atoms with Crippen molar-refractivity contribution in [1.82, 2.24) is 9.88 Å². The normalized spacial score (nSPS) is 14.5. The number of hydrogen-bond acceptors (Lipinski definition) is 7. The fraction of sp³-hybridized carbons (Fsp3) is 0.241. The van der Waals surface area contributed by atoms with Crippen LogP contribution in [0.5, 0.6) is 23.0 Å². The molecule has 10 nitrogen and oxygen atoms in total. The predicted molar refractivity (Wildman–Crippen MR) is 145 cm³/mol. The van der Waals surface area contributed by atoms with Gasteiger partial charge in [-0.1, -0.05) is 30.3 Å². The Morgan fingerprint density at radius 3 is 2.38 bits per heavy atom. The van der Waals surface area contributed by atoms with Crippen LogP contribution in [-0.4, -0.2) is 71.6 Å². The first-order valence-corrected chi connectivity index (χ1v) is 12.6. The minimum absolute atomic E-state index is 0.264. The molecule has 0 bridgehead atoms. The number of nitrogens with one attached hydrogen (secondary N) is 1. The van der Waals surface area contributed by atoms with E-state index in [2.05, 4.69) is 57.4 Å². The van der Waals surface area contributed by atoms with Crippen LogP contribution in [0.1, 0.15) is 5.56 Å². The molecule has 10 heteroatoms. The third kappa shape index (κ3) is 6.24. The van der Waals surface area contributed by atoms with Crippen molar-refractivity contribution >= 4 is 28.5 Å². The number of carboxylic acids is 2. The van der Waals surface area contributed by atoms with Gasteiger partial charge in [0.1, 0.15) is 5.75 Å². The van der Waals surface area contributed by atoms with Crippen LogP contribution in [0, 0.1) is 0 Å². The van der Waals surface area contributed by atoms with Crippen molar-refractivity contribution in [3.05, 3.63) is 78.5 Å². The zero-order chi connectivity index (χ0) is 27.2. The zero-order valence-corrected chi connectivity index (χ0v) is 21.2. The molecule has 0 unspecified atom stereocenters. The van der Waals surface area contributed by atoms with E-state index in [1.165, 1.54) is 16.5 Å². The molecule has 39 heavy (non-hydrogen) atoms. The van der Waals surface area contributed by atoms with E-state index in [9.17, 15) is 0 Å². The Morgan fingerprint density at radius 1 is 0.872 bits per heavy atom. The van der Waals surface area contributed by atoms with Gasteiger partial charge in [0.2, 0.25) is 6.79 Å². The summed E-state index contributed by atoms with van der Waals surface area (Å²) in [5.41, 5.74) is 3.75. The summed E-state index contributed by atoms with van der Waals surface area (Å²) >= 11 is 0. The molecule has 3 aromatic carbocycles. The molecule has 0 spiro atoms. The number of anilines is 1. The van der Waals surface area contributed by atoms with E-state index in [0.29, 0.717) is 0 Å². The number of fused-ring (bicyclic) bond motifs is 2. The van der Waals surface area contributed by atoms with E-state index in [1.807, 2.05) is 30.3 Å². The van der Waals surface area contributed by atoms with Crippen LogP contribution in [0.2, 0.25) is 0 Å². The van der Waals surface area contributed by atoms with Crippen molar-refractivity contribution in [3.63, 3.8) is 0 Å². The number of aromatic amines is 1. The van der Waals surface area contributed by atoms with Gasteiger partial charge in [-0.25, -0.2) is 9.59 Å². The number of ether oxygens (including phenoxy) is 3. The lowest BCUT2D eigenvalue weighted by Gasteiger charge is -2.36. The lowest BCUT2D eigenvalue weighted by Crippen LogP contribution is -2.47. The van der Waals surface area contributed by atoms with Crippen molar-refractivity contribution in [2.24, 2.45) is 0 Å². The molecule has 0 saturated carbocycles. The van der Waals surface area contributed by atoms with Gasteiger partial charge in [0.15, 0.2) is 17.2 Å². The fourth-order valence-electron chi connectivity index (χ4n) is 4.70. The number of rotatable bonds is 6. The highest BCUT2D eigenvalue weighted by atomic mass is 16.7. The van der Waals surface area contributed by atoms with Gasteiger partial charge < -0.3 is 34.3 Å². The Kier molecular flexibility index (Phi) is 7.83. The molecule has 3 N–H and O–H groups in total. The SMILES string of the molecule is O=C(O)C(=O)O.c1ccc(N2CCN(CCc3c[nH]c4ccccc34)CC2)c(Oc2ccc3c(c2)OCO3)c1. The van der Waals surface area contributed by atoms with Gasteiger partial charge in [0.05, 0.1) is 5.69 Å². The summed E-state index contributed by atoms with van der Waals surface area (Å²) < 4.78 is 17.2. The Bertz CT molecular complexity index is 1450. The minimum atomic E-state index is -1.82. The lowest BCUT2D eigenvalue weighted by atomic mass is 10.1. The van der Waals surface area contributed by atoms with Crippen LogP contribution < -0.4 is 19.1 Å². The zero-order valence-electron chi connectivity index (χ0n) is 21.2. The topological polar surface area (TPSA) is 125 Å². The standard InChI is InChI=1S/C27H27N3O3.C2H2O4/c1-2-6-23-22(5-1)20(18-28-23)11-12-29-13-15-30(16-14-29)24-7-3-4-8-25(24)33-21-9-10-26-27(17-21)32-19-31-26;3-1(4)2(5)6/h1-10,17-18,28H,11-16,19H2;(H,3,4)(H,5,6). The van der Waals surface area contributed by atoms with Gasteiger partial charge in [0, 0.05) is 55.9 Å². The smallest absolute Gasteiger partial charge is 0.414 e. The second kappa shape index (κ2) is 11.8. The Hall–Kier alpha value is -4.70. The average molecular weight is 532 g/mol. The summed E-state index contributed by atoms with van der Waals surface area (Å²) in [6.07, 6.45) is 3.22. The second-order valence-corrected chi connectivity index (χ2v) is 9.13. The summed E-state index contributed by atoms with van der Waals surface area (Å²) in [7, 11) is 0. The number of para-hydroxylation sites is 3. The van der Waals surface area contributed by atoms with Crippen LogP contribution in [0.4, 0.5) is 5.69 Å². The number of H-pyrrole nitrogens is 1. The van der Waals surface area contributed by atoms with E-state index in [-0.39, 0.29) is 6.79 Å². The third-order valence-corrected chi connectivity index (χ3v) is 6.71. The van der Waals surface area contributed by atoms with Crippen molar-refractivity contribution in [2.45, 2.75) is 6.42 Å². The van der Waals surface area contributed by atoms with Crippen LogP contribution in [0.3, 0.4) is 0 Å². The van der Waals surface area contributed by atoms with E-state index in [4.69, 9.17) is 34.0 Å². The molecule has 0 atom stereocenters. The summed E-state index contributed by atoms with van der Waals surface area (Å²) in [6, 6.07) is 22.5. The van der Waals surface area contributed by atoms with Crippen LogP contribution in [0.25, 0.3) is 10.9 Å². The van der Waals surface area contributed by atoms with Crippen LogP contribution >= 0.6 is 0 Å². The maximum atomic E-state index is 9.10. The van der Waals surface area contributed by atoms with Gasteiger partial charge in [-0.15, -0.1) is 0 Å². The Labute approximate surface area is 224 Å². The number of aliphatic carboxylic acids is 2. The number of carbonyl (C=O) groups is 2. The molecule has 0 amide bonds. The average Bonchev–Trinajstić information content (AvgIpc) is 3.60. The van der Waals surface area contributed by atoms with Gasteiger partial charge >= 0.3 is 11.9 Å². The van der Waals surface area contributed by atoms with Gasteiger partial charge in [-0.3, -0.25) is 4.90 Å². The van der Waals surface area contributed by atoms with Gasteiger partial charge in [-0.2, -0.15) is 0 Å². The highest BCUT2D eigenvalue weighted by Gasteiger charge is 2.21. The Morgan fingerprint density at radius 2 is 1.59 bits per heavy atom. The first-order chi connectivity index (χ1) is 19.0. The van der Waals surface area contributed by atoms with Gasteiger partial charge in [-0.05, 0) is 42.3 Å². The molecule has 0 radical (unpaired) electrons. The van der Waals surface area contributed by atoms with Crippen molar-refractivity contribution in [2.75, 3.05) is 44.4 Å². The van der Waals surface area contributed by atoms with Gasteiger partial charge in [0.25, 0.3) is 0 Å². The Balaban J connectivity index is 0.000000465. The van der Waals surface area contributed by atoms with Crippen LogP contribution in [0.15, 0.2) is 72.9 Å². The highest BCUT2D eigenvalue weighted by Crippen LogP contribution is 2.39. The quantitative estimate of drug-likeness (QED) is 0.314. The van der Waals surface area contributed by atoms with E-state index in [0.717, 1.165) is 67.8 Å². The molecule has 4 aromatic rings. The molecule has 2 aliphatic heterocycles. The van der Waals surface area contributed by atoms with Crippen molar-refractivity contribution in [3.8, 4) is 23.0 Å². The molecule has 1 aromatic heterocycles. The van der Waals surface area contributed by atoms with E-state index >= 15 is 0 Å². The molecule has 0 aliphatic carbocycles. The molecule has 3 heterocycles. The maximum absolute atomic E-state index is 9.10. The van der Waals surface area contributed by atoms with Crippen molar-refractivity contribution in [1.29, 1.82) is 0 Å². The lowest BCUT2D eigenvalue weighted by molar-refractivity contribution is -0.159. The monoisotopic (exact) mass is 531 g/mol. The first kappa shape index (κ1) is 25.9. The highest BCUT2D eigenvalue weighted by molar-refractivity contribution is 6.27. The maximum Gasteiger partial charge on any atom is 0.414 e. The first-order valence-electron chi connectivity index (χ1n) is 12.6. The molecule has 6 rings (SSSR count). The number of piperazine rings is 1. The molecule has 1 saturated heterocycles.